The van der Waals surface area contributed by atoms with Gasteiger partial charge in [0.2, 0.25) is 0 Å². The Kier molecular flexibility index (Phi) is 3.63. The maximum atomic E-state index is 11.6. The first-order chi connectivity index (χ1) is 8.08. The summed E-state index contributed by atoms with van der Waals surface area (Å²) >= 11 is 6.51. The zero-order chi connectivity index (χ0) is 12.4. The van der Waals surface area contributed by atoms with Crippen LogP contribution in [0.25, 0.3) is 0 Å². The van der Waals surface area contributed by atoms with Gasteiger partial charge in [-0.2, -0.15) is 0 Å². The SMILES string of the molecule is O=c1[nH]c(=O)n(Cc2ccccc2Br)cc1Br. The average Bonchev–Trinajstić information content (AvgIpc) is 2.29. The van der Waals surface area contributed by atoms with Gasteiger partial charge in [-0.05, 0) is 27.6 Å². The zero-order valence-corrected chi connectivity index (χ0v) is 11.8. The monoisotopic (exact) mass is 358 g/mol. The topological polar surface area (TPSA) is 54.9 Å². The van der Waals surface area contributed by atoms with Crippen molar-refractivity contribution in [2.45, 2.75) is 6.54 Å². The van der Waals surface area contributed by atoms with Gasteiger partial charge in [0.1, 0.15) is 0 Å². The Morgan fingerprint density at radius 3 is 2.53 bits per heavy atom. The van der Waals surface area contributed by atoms with E-state index in [0.717, 1.165) is 10.0 Å². The minimum absolute atomic E-state index is 0.337. The third-order valence-electron chi connectivity index (χ3n) is 2.27. The second-order valence-corrected chi connectivity index (χ2v) is 5.16. The van der Waals surface area contributed by atoms with Crippen LogP contribution in [0.5, 0.6) is 0 Å². The Labute approximate surface area is 114 Å². The number of rotatable bonds is 2. The first kappa shape index (κ1) is 12.3. The molecule has 0 amide bonds. The summed E-state index contributed by atoms with van der Waals surface area (Å²) in [5, 5.41) is 0. The minimum Gasteiger partial charge on any atom is -0.295 e. The van der Waals surface area contributed by atoms with Crippen molar-refractivity contribution in [2.75, 3.05) is 0 Å². The quantitative estimate of drug-likeness (QED) is 0.892. The molecule has 0 saturated carbocycles. The lowest BCUT2D eigenvalue weighted by atomic mass is 10.2. The summed E-state index contributed by atoms with van der Waals surface area (Å²) < 4.78 is 2.70. The molecule has 0 atom stereocenters. The summed E-state index contributed by atoms with van der Waals surface area (Å²) in [6, 6.07) is 7.61. The normalized spacial score (nSPS) is 10.5. The third-order valence-corrected chi connectivity index (χ3v) is 3.60. The smallest absolute Gasteiger partial charge is 0.295 e. The first-order valence-corrected chi connectivity index (χ1v) is 6.39. The van der Waals surface area contributed by atoms with Gasteiger partial charge < -0.3 is 0 Å². The van der Waals surface area contributed by atoms with Crippen molar-refractivity contribution in [1.82, 2.24) is 9.55 Å². The molecule has 0 bridgehead atoms. The van der Waals surface area contributed by atoms with E-state index in [0.29, 0.717) is 11.0 Å². The predicted molar refractivity (Wildman–Crippen MR) is 72.3 cm³/mol. The molecule has 2 rings (SSSR count). The molecule has 88 valence electrons. The van der Waals surface area contributed by atoms with E-state index in [-0.39, 0.29) is 0 Å². The molecule has 2 aromatic rings. The Hall–Kier alpha value is -1.14. The Morgan fingerprint density at radius 2 is 1.82 bits per heavy atom. The zero-order valence-electron chi connectivity index (χ0n) is 8.61. The van der Waals surface area contributed by atoms with E-state index in [1.807, 2.05) is 24.3 Å². The molecule has 0 radical (unpaired) electrons. The summed E-state index contributed by atoms with van der Waals surface area (Å²) in [4.78, 5) is 25.0. The first-order valence-electron chi connectivity index (χ1n) is 4.80. The van der Waals surface area contributed by atoms with Crippen LogP contribution in [-0.4, -0.2) is 9.55 Å². The highest BCUT2D eigenvalue weighted by molar-refractivity contribution is 9.10. The van der Waals surface area contributed by atoms with Gasteiger partial charge in [-0.3, -0.25) is 14.3 Å². The number of hydrogen-bond donors (Lipinski definition) is 1. The van der Waals surface area contributed by atoms with Gasteiger partial charge >= 0.3 is 5.69 Å². The predicted octanol–water partition coefficient (Wildman–Crippen LogP) is 2.11. The van der Waals surface area contributed by atoms with Gasteiger partial charge in [0.05, 0.1) is 11.0 Å². The van der Waals surface area contributed by atoms with Crippen molar-refractivity contribution < 1.29 is 0 Å². The summed E-state index contributed by atoms with van der Waals surface area (Å²) in [6.07, 6.45) is 1.49. The van der Waals surface area contributed by atoms with Gasteiger partial charge in [-0.25, -0.2) is 4.79 Å². The van der Waals surface area contributed by atoms with Crippen LogP contribution < -0.4 is 11.2 Å². The number of hydrogen-bond acceptors (Lipinski definition) is 2. The fourth-order valence-corrected chi connectivity index (χ4v) is 2.17. The second-order valence-electron chi connectivity index (χ2n) is 3.46. The molecule has 0 aliphatic heterocycles. The number of nitrogens with one attached hydrogen (secondary N) is 1. The molecule has 1 aromatic carbocycles. The van der Waals surface area contributed by atoms with Crippen molar-refractivity contribution in [1.29, 1.82) is 0 Å². The molecule has 0 fully saturated rings. The molecule has 0 saturated heterocycles. The van der Waals surface area contributed by atoms with Gasteiger partial charge in [0, 0.05) is 10.7 Å². The molecule has 17 heavy (non-hydrogen) atoms. The maximum absolute atomic E-state index is 11.6. The van der Waals surface area contributed by atoms with Crippen molar-refractivity contribution in [3.05, 3.63) is 65.8 Å². The van der Waals surface area contributed by atoms with Crippen LogP contribution in [0.2, 0.25) is 0 Å². The number of benzene rings is 1. The van der Waals surface area contributed by atoms with Crippen molar-refractivity contribution in [2.24, 2.45) is 0 Å². The van der Waals surface area contributed by atoms with E-state index in [2.05, 4.69) is 36.8 Å². The maximum Gasteiger partial charge on any atom is 0.328 e. The standard InChI is InChI=1S/C11H8Br2N2O2/c12-8-4-2-1-3-7(8)5-15-6-9(13)10(16)14-11(15)17/h1-4,6H,5H2,(H,14,16,17). The molecule has 0 unspecified atom stereocenters. The van der Waals surface area contributed by atoms with Crippen molar-refractivity contribution in [3.63, 3.8) is 0 Å². The van der Waals surface area contributed by atoms with Crippen LogP contribution in [-0.2, 0) is 6.54 Å². The van der Waals surface area contributed by atoms with E-state index in [9.17, 15) is 9.59 Å². The van der Waals surface area contributed by atoms with Crippen LogP contribution in [0, 0.1) is 0 Å². The van der Waals surface area contributed by atoms with Crippen LogP contribution >= 0.6 is 31.9 Å². The van der Waals surface area contributed by atoms with Gasteiger partial charge in [-0.1, -0.05) is 34.1 Å². The highest BCUT2D eigenvalue weighted by Crippen LogP contribution is 2.16. The average molecular weight is 360 g/mol. The van der Waals surface area contributed by atoms with E-state index in [4.69, 9.17) is 0 Å². The summed E-state index contributed by atoms with van der Waals surface area (Å²) in [5.41, 5.74) is 0.126. The molecule has 1 aromatic heterocycles. The van der Waals surface area contributed by atoms with Crippen molar-refractivity contribution >= 4 is 31.9 Å². The van der Waals surface area contributed by atoms with Gasteiger partial charge in [0.25, 0.3) is 5.56 Å². The van der Waals surface area contributed by atoms with Crippen LogP contribution in [0.4, 0.5) is 0 Å². The highest BCUT2D eigenvalue weighted by Gasteiger charge is 2.04. The number of nitrogens with zero attached hydrogens (tertiary/aromatic N) is 1. The number of aromatic nitrogens is 2. The van der Waals surface area contributed by atoms with Gasteiger partial charge in [-0.15, -0.1) is 0 Å². The number of halogens is 2. The highest BCUT2D eigenvalue weighted by atomic mass is 79.9. The fraction of sp³-hybridized carbons (Fsp3) is 0.0909. The molecular weight excluding hydrogens is 352 g/mol. The number of aromatic amines is 1. The van der Waals surface area contributed by atoms with Crippen LogP contribution in [0.1, 0.15) is 5.56 Å². The summed E-state index contributed by atoms with van der Waals surface area (Å²) in [5.74, 6) is 0. The molecule has 0 aliphatic rings. The van der Waals surface area contributed by atoms with E-state index in [1.54, 1.807) is 0 Å². The van der Waals surface area contributed by atoms with E-state index < -0.39 is 11.2 Å². The molecule has 0 aliphatic carbocycles. The Morgan fingerprint density at radius 1 is 1.12 bits per heavy atom. The van der Waals surface area contributed by atoms with Crippen LogP contribution in [0.3, 0.4) is 0 Å². The van der Waals surface area contributed by atoms with E-state index in [1.165, 1.54) is 10.8 Å². The second kappa shape index (κ2) is 5.01. The Bertz CT molecular complexity index is 661. The third kappa shape index (κ3) is 2.76. The molecule has 0 spiro atoms. The van der Waals surface area contributed by atoms with Crippen LogP contribution in [0.15, 0.2) is 49.0 Å². The number of H-pyrrole nitrogens is 1. The lowest BCUT2D eigenvalue weighted by Gasteiger charge is -2.07. The van der Waals surface area contributed by atoms with Gasteiger partial charge in [0.15, 0.2) is 0 Å². The molecule has 1 N–H and O–H groups in total. The fourth-order valence-electron chi connectivity index (χ4n) is 1.41. The molecule has 1 heterocycles. The molecule has 4 nitrogen and oxygen atoms in total. The van der Waals surface area contributed by atoms with E-state index >= 15 is 0 Å². The van der Waals surface area contributed by atoms with Crippen molar-refractivity contribution in [3.8, 4) is 0 Å². The largest absolute Gasteiger partial charge is 0.328 e. The molecule has 6 heteroatoms. The Balaban J connectivity index is 2.44. The minimum atomic E-state index is -0.422. The lowest BCUT2D eigenvalue weighted by Crippen LogP contribution is -2.30. The summed E-state index contributed by atoms with van der Waals surface area (Å²) in [7, 11) is 0. The molecular formula is C11H8Br2N2O2. The summed E-state index contributed by atoms with van der Waals surface area (Å²) in [6.45, 7) is 0.398. The lowest BCUT2D eigenvalue weighted by molar-refractivity contribution is 0.714.